The van der Waals surface area contributed by atoms with Crippen molar-refractivity contribution in [3.05, 3.63) is 24.7 Å². The van der Waals surface area contributed by atoms with Gasteiger partial charge in [0.2, 0.25) is 11.9 Å². The fourth-order valence-corrected chi connectivity index (χ4v) is 4.17. The molecular formula is C20H32N8O3S. The van der Waals surface area contributed by atoms with Crippen molar-refractivity contribution in [3.63, 3.8) is 0 Å². The highest BCUT2D eigenvalue weighted by atomic mass is 32.2. The van der Waals surface area contributed by atoms with E-state index in [9.17, 15) is 13.2 Å². The maximum atomic E-state index is 11.9. The van der Waals surface area contributed by atoms with Crippen LogP contribution in [0.5, 0.6) is 0 Å². The van der Waals surface area contributed by atoms with Gasteiger partial charge in [0.1, 0.15) is 22.2 Å². The summed E-state index contributed by atoms with van der Waals surface area (Å²) in [5.41, 5.74) is 0.683. The molecule has 3 N–H and O–H groups in total. The van der Waals surface area contributed by atoms with Crippen LogP contribution in [0.25, 0.3) is 0 Å². The molecule has 2 aromatic rings. The number of likely N-dealkylation sites (tertiary alicyclic amines) is 1. The Kier molecular flexibility index (Phi) is 8.02. The molecule has 32 heavy (non-hydrogen) atoms. The number of aromatic nitrogens is 4. The highest BCUT2D eigenvalue weighted by Gasteiger charge is 2.25. The fraction of sp³-hybridized carbons (Fsp3) is 0.600. The lowest BCUT2D eigenvalue weighted by Crippen LogP contribution is -2.38. The summed E-state index contributed by atoms with van der Waals surface area (Å²) < 4.78 is 24.5. The number of nitrogens with zero attached hydrogens (tertiary/aromatic N) is 5. The van der Waals surface area contributed by atoms with E-state index in [4.69, 9.17) is 0 Å². The van der Waals surface area contributed by atoms with Crippen molar-refractivity contribution in [1.29, 1.82) is 0 Å². The van der Waals surface area contributed by atoms with E-state index in [0.717, 1.165) is 19.4 Å². The van der Waals surface area contributed by atoms with Crippen molar-refractivity contribution in [2.24, 2.45) is 0 Å². The lowest BCUT2D eigenvalue weighted by molar-refractivity contribution is -0.122. The molecule has 3 heterocycles. The van der Waals surface area contributed by atoms with Gasteiger partial charge in [0.15, 0.2) is 0 Å². The van der Waals surface area contributed by atoms with Crippen molar-refractivity contribution < 1.29 is 13.2 Å². The third kappa shape index (κ3) is 7.75. The van der Waals surface area contributed by atoms with E-state index in [1.54, 1.807) is 29.3 Å². The molecule has 0 spiro atoms. The zero-order valence-corrected chi connectivity index (χ0v) is 19.6. The molecule has 1 atom stereocenters. The molecule has 0 saturated carbocycles. The first-order valence-electron chi connectivity index (χ1n) is 10.8. The summed E-state index contributed by atoms with van der Waals surface area (Å²) in [6.07, 6.45) is 8.36. The van der Waals surface area contributed by atoms with E-state index in [-0.39, 0.29) is 30.3 Å². The van der Waals surface area contributed by atoms with Crippen LogP contribution in [0.4, 0.5) is 17.5 Å². The minimum Gasteiger partial charge on any atom is -0.368 e. The van der Waals surface area contributed by atoms with Crippen LogP contribution in [0, 0.1) is 0 Å². The molecule has 0 radical (unpaired) electrons. The van der Waals surface area contributed by atoms with E-state index in [1.165, 1.54) is 6.26 Å². The molecule has 1 fully saturated rings. The maximum absolute atomic E-state index is 11.9. The molecule has 0 aliphatic carbocycles. The van der Waals surface area contributed by atoms with Gasteiger partial charge in [-0.25, -0.2) is 13.4 Å². The number of hydrogen-bond acceptors (Lipinski definition) is 9. The number of carbonyl (C=O) groups excluding carboxylic acids is 1. The third-order valence-electron chi connectivity index (χ3n) is 5.07. The summed E-state index contributed by atoms with van der Waals surface area (Å²) in [6.45, 7) is 6.11. The van der Waals surface area contributed by atoms with Crippen molar-refractivity contribution in [2.45, 2.75) is 45.3 Å². The van der Waals surface area contributed by atoms with Crippen LogP contribution >= 0.6 is 0 Å². The van der Waals surface area contributed by atoms with Gasteiger partial charge in [0, 0.05) is 43.8 Å². The van der Waals surface area contributed by atoms with Gasteiger partial charge in [-0.3, -0.25) is 14.4 Å². The number of nitrogens with one attached hydrogen (secondary N) is 3. The minimum atomic E-state index is -2.97. The summed E-state index contributed by atoms with van der Waals surface area (Å²) >= 11 is 0. The average Bonchev–Trinajstić information content (AvgIpc) is 3.33. The van der Waals surface area contributed by atoms with Crippen molar-refractivity contribution >= 4 is 33.2 Å². The lowest BCUT2D eigenvalue weighted by Gasteiger charge is -2.24. The molecule has 11 nitrogen and oxygen atoms in total. The standard InChI is InChI=1S/C20H32N8O3S/c1-15(2)24-19(29)14-28-13-16(11-23-28)25-20-21-7-6-18(26-20)22-12-17-5-4-8-27(17)9-10-32(3,30)31/h6-7,11,13,15,17H,4-5,8-10,12,14H2,1-3H3,(H,24,29)(H2,21,22,25,26). The second kappa shape index (κ2) is 10.7. The van der Waals surface area contributed by atoms with E-state index in [0.29, 0.717) is 30.5 Å². The zero-order valence-electron chi connectivity index (χ0n) is 18.8. The third-order valence-corrected chi connectivity index (χ3v) is 5.99. The van der Waals surface area contributed by atoms with E-state index in [1.807, 2.05) is 13.8 Å². The van der Waals surface area contributed by atoms with Gasteiger partial charge in [0.25, 0.3) is 0 Å². The molecule has 3 rings (SSSR count). The van der Waals surface area contributed by atoms with Crippen molar-refractivity contribution in [2.75, 3.05) is 42.3 Å². The summed E-state index contributed by atoms with van der Waals surface area (Å²) in [5.74, 6) is 1.18. The first-order chi connectivity index (χ1) is 15.2. The minimum absolute atomic E-state index is 0.0790. The van der Waals surface area contributed by atoms with Gasteiger partial charge in [-0.2, -0.15) is 10.1 Å². The summed E-state index contributed by atoms with van der Waals surface area (Å²) in [7, 11) is -2.97. The fourth-order valence-electron chi connectivity index (χ4n) is 3.60. The Balaban J connectivity index is 1.52. The molecule has 1 saturated heterocycles. The molecule has 12 heteroatoms. The summed E-state index contributed by atoms with van der Waals surface area (Å²) in [5, 5.41) is 13.4. The molecule has 1 unspecified atom stereocenters. The van der Waals surface area contributed by atoms with E-state index in [2.05, 4.69) is 35.9 Å². The largest absolute Gasteiger partial charge is 0.368 e. The van der Waals surface area contributed by atoms with E-state index >= 15 is 0 Å². The highest BCUT2D eigenvalue weighted by Crippen LogP contribution is 2.18. The van der Waals surface area contributed by atoms with Gasteiger partial charge < -0.3 is 16.0 Å². The topological polar surface area (TPSA) is 134 Å². The van der Waals surface area contributed by atoms with Gasteiger partial charge in [0.05, 0.1) is 17.6 Å². The van der Waals surface area contributed by atoms with Gasteiger partial charge in [-0.15, -0.1) is 0 Å². The summed E-state index contributed by atoms with van der Waals surface area (Å²) in [6, 6.07) is 2.15. The quantitative estimate of drug-likeness (QED) is 0.443. The predicted octanol–water partition coefficient (Wildman–Crippen LogP) is 0.862. The number of hydrogen-bond donors (Lipinski definition) is 3. The second-order valence-electron chi connectivity index (χ2n) is 8.38. The number of carbonyl (C=O) groups is 1. The van der Waals surface area contributed by atoms with Crippen molar-refractivity contribution in [3.8, 4) is 0 Å². The van der Waals surface area contributed by atoms with Crippen LogP contribution in [0.1, 0.15) is 26.7 Å². The van der Waals surface area contributed by atoms with Crippen LogP contribution in [-0.2, 0) is 21.2 Å². The van der Waals surface area contributed by atoms with Crippen LogP contribution in [0.3, 0.4) is 0 Å². The predicted molar refractivity (Wildman–Crippen MR) is 124 cm³/mol. The second-order valence-corrected chi connectivity index (χ2v) is 10.6. The van der Waals surface area contributed by atoms with Crippen LogP contribution < -0.4 is 16.0 Å². The molecule has 1 aliphatic rings. The zero-order chi connectivity index (χ0) is 23.1. The smallest absolute Gasteiger partial charge is 0.241 e. The highest BCUT2D eigenvalue weighted by molar-refractivity contribution is 7.90. The number of anilines is 3. The molecule has 0 aromatic carbocycles. The Morgan fingerprint density at radius 1 is 1.34 bits per heavy atom. The lowest BCUT2D eigenvalue weighted by atomic mass is 10.2. The van der Waals surface area contributed by atoms with Gasteiger partial charge in [-0.1, -0.05) is 0 Å². The van der Waals surface area contributed by atoms with Crippen molar-refractivity contribution in [1.82, 2.24) is 30.0 Å². The normalized spacial score (nSPS) is 16.9. The van der Waals surface area contributed by atoms with E-state index < -0.39 is 9.84 Å². The molecule has 2 aromatic heterocycles. The van der Waals surface area contributed by atoms with Crippen LogP contribution in [0.15, 0.2) is 24.7 Å². The number of rotatable bonds is 11. The Morgan fingerprint density at radius 3 is 2.91 bits per heavy atom. The average molecular weight is 465 g/mol. The molecule has 0 bridgehead atoms. The molecule has 1 aliphatic heterocycles. The Labute approximate surface area is 188 Å². The van der Waals surface area contributed by atoms with Crippen LogP contribution in [-0.4, -0.2) is 82.7 Å². The monoisotopic (exact) mass is 464 g/mol. The van der Waals surface area contributed by atoms with Gasteiger partial charge in [-0.05, 0) is 39.3 Å². The number of amides is 1. The van der Waals surface area contributed by atoms with Crippen LogP contribution in [0.2, 0.25) is 0 Å². The molecule has 1 amide bonds. The molecular weight excluding hydrogens is 432 g/mol. The Bertz CT molecular complexity index is 1010. The first kappa shape index (κ1) is 23.9. The SMILES string of the molecule is CC(C)NC(=O)Cn1cc(Nc2nccc(NCC3CCCN3CCS(C)(=O)=O)n2)cn1. The molecule has 176 valence electrons. The first-order valence-corrected chi connectivity index (χ1v) is 12.8. The van der Waals surface area contributed by atoms with Gasteiger partial charge >= 0.3 is 0 Å². The maximum Gasteiger partial charge on any atom is 0.241 e. The Morgan fingerprint density at radius 2 is 2.16 bits per heavy atom. The Hall–Kier alpha value is -2.73. The number of sulfone groups is 1. The summed E-state index contributed by atoms with van der Waals surface area (Å²) in [4.78, 5) is 22.8.